The molecule has 0 unspecified atom stereocenters. The van der Waals surface area contributed by atoms with Crippen molar-refractivity contribution in [1.82, 2.24) is 4.90 Å². The van der Waals surface area contributed by atoms with E-state index in [9.17, 15) is 4.79 Å². The van der Waals surface area contributed by atoms with Crippen LogP contribution in [0.5, 0.6) is 5.75 Å². The van der Waals surface area contributed by atoms with Crippen molar-refractivity contribution in [2.45, 2.75) is 0 Å². The number of benzene rings is 2. The van der Waals surface area contributed by atoms with Crippen LogP contribution in [-0.2, 0) is 0 Å². The number of hydrogen-bond donors (Lipinski definition) is 0. The summed E-state index contributed by atoms with van der Waals surface area (Å²) in [6.45, 7) is 0. The first kappa shape index (κ1) is 11.9. The zero-order chi connectivity index (χ0) is 12.4. The van der Waals surface area contributed by atoms with Gasteiger partial charge in [-0.05, 0) is 32.8 Å². The third-order valence-corrected chi connectivity index (χ3v) is 3.21. The molecule has 1 amide bonds. The highest BCUT2D eigenvalue weighted by molar-refractivity contribution is 9.10. The molecule has 2 aromatic rings. The molecule has 0 N–H and O–H groups in total. The van der Waals surface area contributed by atoms with Crippen molar-refractivity contribution in [3.8, 4) is 5.75 Å². The molecule has 0 spiro atoms. The predicted octanol–water partition coefficient (Wildman–Crippen LogP) is 3.66. The minimum absolute atomic E-state index is 0.388. The molecule has 0 fully saturated rings. The number of amides is 1. The normalized spacial score (nSPS) is 10.3. The number of ether oxygens (including phenoxy) is 1. The molecule has 0 atom stereocenters. The van der Waals surface area contributed by atoms with Crippen LogP contribution in [0.3, 0.4) is 0 Å². The smallest absolute Gasteiger partial charge is 0.409 e. The molecule has 3 nitrogen and oxygen atoms in total. The van der Waals surface area contributed by atoms with Gasteiger partial charge in [-0.25, -0.2) is 4.79 Å². The Morgan fingerprint density at radius 2 is 1.88 bits per heavy atom. The fourth-order valence-corrected chi connectivity index (χ4v) is 2.05. The molecule has 2 aromatic carbocycles. The van der Waals surface area contributed by atoms with Crippen LogP contribution in [0.4, 0.5) is 4.79 Å². The molecule has 0 aliphatic carbocycles. The van der Waals surface area contributed by atoms with Crippen LogP contribution in [0.1, 0.15) is 0 Å². The van der Waals surface area contributed by atoms with Crippen molar-refractivity contribution in [2.75, 3.05) is 14.1 Å². The maximum Gasteiger partial charge on any atom is 0.414 e. The van der Waals surface area contributed by atoms with Crippen molar-refractivity contribution in [2.24, 2.45) is 0 Å². The second-order valence-corrected chi connectivity index (χ2v) is 4.65. The van der Waals surface area contributed by atoms with Crippen LogP contribution in [0.25, 0.3) is 10.8 Å². The molecule has 4 heteroatoms. The molecule has 0 aliphatic rings. The molecule has 0 bridgehead atoms. The van der Waals surface area contributed by atoms with E-state index < -0.39 is 0 Å². The van der Waals surface area contributed by atoms with Gasteiger partial charge in [0.15, 0.2) is 0 Å². The molecular formula is C13H12BrNO2. The number of fused-ring (bicyclic) bond motifs is 1. The van der Waals surface area contributed by atoms with E-state index in [2.05, 4.69) is 15.9 Å². The van der Waals surface area contributed by atoms with Gasteiger partial charge in [-0.1, -0.05) is 30.3 Å². The van der Waals surface area contributed by atoms with E-state index in [1.54, 1.807) is 20.2 Å². The summed E-state index contributed by atoms with van der Waals surface area (Å²) in [5, 5.41) is 2.13. The van der Waals surface area contributed by atoms with E-state index in [4.69, 9.17) is 4.74 Å². The molecular weight excluding hydrogens is 282 g/mol. The van der Waals surface area contributed by atoms with E-state index in [0.29, 0.717) is 5.75 Å². The highest BCUT2D eigenvalue weighted by Gasteiger charge is 2.11. The van der Waals surface area contributed by atoms with Gasteiger partial charge in [-0.15, -0.1) is 0 Å². The lowest BCUT2D eigenvalue weighted by atomic mass is 10.1. The Kier molecular flexibility index (Phi) is 3.33. The van der Waals surface area contributed by atoms with E-state index in [0.717, 1.165) is 15.2 Å². The van der Waals surface area contributed by atoms with Gasteiger partial charge in [-0.2, -0.15) is 0 Å². The Labute approximate surface area is 108 Å². The Bertz CT molecular complexity index is 566. The fraction of sp³-hybridized carbons (Fsp3) is 0.154. The topological polar surface area (TPSA) is 29.5 Å². The van der Waals surface area contributed by atoms with Crippen LogP contribution < -0.4 is 4.74 Å². The second kappa shape index (κ2) is 4.75. The van der Waals surface area contributed by atoms with Crippen molar-refractivity contribution >= 4 is 32.8 Å². The molecule has 0 saturated carbocycles. The quantitative estimate of drug-likeness (QED) is 0.803. The lowest BCUT2D eigenvalue weighted by Crippen LogP contribution is -2.25. The maximum atomic E-state index is 11.5. The minimum atomic E-state index is -0.388. The van der Waals surface area contributed by atoms with Gasteiger partial charge in [0.25, 0.3) is 0 Å². The summed E-state index contributed by atoms with van der Waals surface area (Å²) in [5.74, 6) is 0.530. The summed E-state index contributed by atoms with van der Waals surface area (Å²) in [6, 6.07) is 11.6. The highest BCUT2D eigenvalue weighted by Crippen LogP contribution is 2.33. The van der Waals surface area contributed by atoms with E-state index in [1.807, 2.05) is 30.3 Å². The standard InChI is InChI=1S/C13H12BrNO2/c1-15(2)13(16)17-11-8-7-9-5-3-4-6-10(9)12(11)14/h3-8H,1-2H3. The first-order valence-electron chi connectivity index (χ1n) is 5.16. The summed E-state index contributed by atoms with van der Waals surface area (Å²) in [7, 11) is 3.30. The van der Waals surface area contributed by atoms with Crippen molar-refractivity contribution < 1.29 is 9.53 Å². The lowest BCUT2D eigenvalue weighted by Gasteiger charge is -2.12. The van der Waals surface area contributed by atoms with Crippen molar-refractivity contribution in [3.05, 3.63) is 40.9 Å². The summed E-state index contributed by atoms with van der Waals surface area (Å²) < 4.78 is 6.05. The van der Waals surface area contributed by atoms with Gasteiger partial charge in [0.1, 0.15) is 5.75 Å². The zero-order valence-corrected chi connectivity index (χ0v) is 11.2. The number of halogens is 1. The van der Waals surface area contributed by atoms with Gasteiger partial charge in [-0.3, -0.25) is 0 Å². The molecule has 2 rings (SSSR count). The molecule has 0 aliphatic heterocycles. The molecule has 17 heavy (non-hydrogen) atoms. The summed E-state index contributed by atoms with van der Waals surface area (Å²) in [6.07, 6.45) is -0.388. The SMILES string of the molecule is CN(C)C(=O)Oc1ccc2ccccc2c1Br. The number of carbonyl (C=O) groups excluding carboxylic acids is 1. The average molecular weight is 294 g/mol. The Morgan fingerprint density at radius 1 is 1.18 bits per heavy atom. The lowest BCUT2D eigenvalue weighted by molar-refractivity contribution is 0.171. The van der Waals surface area contributed by atoms with Crippen LogP contribution in [0.15, 0.2) is 40.9 Å². The fourth-order valence-electron chi connectivity index (χ4n) is 1.48. The third kappa shape index (κ3) is 2.42. The molecule has 88 valence electrons. The van der Waals surface area contributed by atoms with Crippen LogP contribution in [0, 0.1) is 0 Å². The molecule has 0 saturated heterocycles. The first-order valence-corrected chi connectivity index (χ1v) is 5.95. The Morgan fingerprint density at radius 3 is 2.59 bits per heavy atom. The van der Waals surface area contributed by atoms with Crippen molar-refractivity contribution in [1.29, 1.82) is 0 Å². The zero-order valence-electron chi connectivity index (χ0n) is 9.61. The Hall–Kier alpha value is -1.55. The van der Waals surface area contributed by atoms with Gasteiger partial charge in [0, 0.05) is 14.1 Å². The van der Waals surface area contributed by atoms with Gasteiger partial charge < -0.3 is 9.64 Å². The number of carbonyl (C=O) groups is 1. The van der Waals surface area contributed by atoms with Crippen LogP contribution in [-0.4, -0.2) is 25.1 Å². The number of nitrogens with zero attached hydrogens (tertiary/aromatic N) is 1. The van der Waals surface area contributed by atoms with Crippen LogP contribution >= 0.6 is 15.9 Å². The highest BCUT2D eigenvalue weighted by atomic mass is 79.9. The Balaban J connectivity index is 2.43. The van der Waals surface area contributed by atoms with Gasteiger partial charge >= 0.3 is 6.09 Å². The summed E-state index contributed by atoms with van der Waals surface area (Å²) in [4.78, 5) is 12.9. The predicted molar refractivity (Wildman–Crippen MR) is 71.4 cm³/mol. The number of hydrogen-bond acceptors (Lipinski definition) is 2. The van der Waals surface area contributed by atoms with Gasteiger partial charge in [0.2, 0.25) is 0 Å². The molecule has 0 radical (unpaired) electrons. The van der Waals surface area contributed by atoms with Gasteiger partial charge in [0.05, 0.1) is 4.47 Å². The maximum absolute atomic E-state index is 11.5. The monoisotopic (exact) mass is 293 g/mol. The van der Waals surface area contributed by atoms with E-state index >= 15 is 0 Å². The van der Waals surface area contributed by atoms with Crippen LogP contribution in [0.2, 0.25) is 0 Å². The van der Waals surface area contributed by atoms with Crippen molar-refractivity contribution in [3.63, 3.8) is 0 Å². The molecule has 0 aromatic heterocycles. The third-order valence-electron chi connectivity index (χ3n) is 2.39. The first-order chi connectivity index (χ1) is 8.09. The number of rotatable bonds is 1. The summed E-state index contributed by atoms with van der Waals surface area (Å²) >= 11 is 3.46. The van der Waals surface area contributed by atoms with E-state index in [-0.39, 0.29) is 6.09 Å². The largest absolute Gasteiger partial charge is 0.414 e. The average Bonchev–Trinajstić information content (AvgIpc) is 2.33. The van der Waals surface area contributed by atoms with E-state index in [1.165, 1.54) is 4.90 Å². The second-order valence-electron chi connectivity index (χ2n) is 3.86. The minimum Gasteiger partial charge on any atom is -0.409 e. The molecule has 0 heterocycles. The summed E-state index contributed by atoms with van der Waals surface area (Å²) in [5.41, 5.74) is 0.